The minimum atomic E-state index is 0.630. The molecule has 0 bridgehead atoms. The second-order valence-electron chi connectivity index (χ2n) is 3.85. The molecule has 1 aromatic carbocycles. The molecule has 3 rings (SSSR count). The van der Waals surface area contributed by atoms with Gasteiger partial charge in [-0.15, -0.1) is 0 Å². The zero-order valence-electron chi connectivity index (χ0n) is 9.49. The summed E-state index contributed by atoms with van der Waals surface area (Å²) in [4.78, 5) is 4.07. The van der Waals surface area contributed by atoms with E-state index >= 15 is 0 Å². The molecule has 0 spiro atoms. The van der Waals surface area contributed by atoms with Crippen LogP contribution < -0.4 is 0 Å². The highest BCUT2D eigenvalue weighted by molar-refractivity contribution is 6.33. The Hall–Kier alpha value is -2.13. The van der Waals surface area contributed by atoms with E-state index in [-0.39, 0.29) is 0 Å². The lowest BCUT2D eigenvalue weighted by Gasteiger charge is -1.99. The van der Waals surface area contributed by atoms with Crippen LogP contribution >= 0.6 is 11.6 Å². The minimum absolute atomic E-state index is 0.630. The van der Waals surface area contributed by atoms with Crippen molar-refractivity contribution < 1.29 is 0 Å². The summed E-state index contributed by atoms with van der Waals surface area (Å²) in [5.41, 5.74) is 2.67. The van der Waals surface area contributed by atoms with Crippen molar-refractivity contribution in [1.29, 1.82) is 0 Å². The lowest BCUT2D eigenvalue weighted by Crippen LogP contribution is -1.94. The summed E-state index contributed by atoms with van der Waals surface area (Å²) in [5.74, 6) is 0. The summed E-state index contributed by atoms with van der Waals surface area (Å²) in [6.07, 6.45) is 5.27. The highest BCUT2D eigenvalue weighted by Gasteiger charge is 2.09. The van der Waals surface area contributed by atoms with E-state index in [1.54, 1.807) is 23.3 Å². The van der Waals surface area contributed by atoms with E-state index in [1.165, 1.54) is 0 Å². The van der Waals surface area contributed by atoms with E-state index in [2.05, 4.69) is 10.1 Å². The van der Waals surface area contributed by atoms with Crippen molar-refractivity contribution in [3.63, 3.8) is 0 Å². The first kappa shape index (κ1) is 11.0. The molecule has 0 aliphatic heterocycles. The van der Waals surface area contributed by atoms with Gasteiger partial charge in [0.2, 0.25) is 0 Å². The molecule has 0 amide bonds. The van der Waals surface area contributed by atoms with Gasteiger partial charge in [0, 0.05) is 11.8 Å². The van der Waals surface area contributed by atoms with Gasteiger partial charge in [0.1, 0.15) is 5.69 Å². The summed E-state index contributed by atoms with van der Waals surface area (Å²) >= 11 is 6.23. The van der Waals surface area contributed by atoms with Crippen molar-refractivity contribution in [2.24, 2.45) is 0 Å². The Morgan fingerprint density at radius 2 is 1.83 bits per heavy atom. The van der Waals surface area contributed by atoms with Gasteiger partial charge >= 0.3 is 0 Å². The van der Waals surface area contributed by atoms with Crippen LogP contribution in [0.1, 0.15) is 0 Å². The van der Waals surface area contributed by atoms with Crippen molar-refractivity contribution in [3.8, 4) is 16.9 Å². The Kier molecular flexibility index (Phi) is 2.82. The van der Waals surface area contributed by atoms with Crippen molar-refractivity contribution >= 4 is 11.6 Å². The molecule has 0 atom stereocenters. The number of halogens is 1. The molecule has 18 heavy (non-hydrogen) atoms. The lowest BCUT2D eigenvalue weighted by molar-refractivity contribution is 0.877. The number of benzene rings is 1. The number of aromatic nitrogens is 3. The average molecular weight is 256 g/mol. The van der Waals surface area contributed by atoms with Gasteiger partial charge in [-0.3, -0.25) is 4.98 Å². The van der Waals surface area contributed by atoms with Crippen LogP contribution in [0.5, 0.6) is 0 Å². The number of rotatable bonds is 2. The fourth-order valence-corrected chi connectivity index (χ4v) is 2.01. The van der Waals surface area contributed by atoms with Crippen LogP contribution in [0.3, 0.4) is 0 Å². The molecule has 88 valence electrons. The zero-order chi connectivity index (χ0) is 12.4. The molecular formula is C14H10ClN3. The molecule has 0 unspecified atom stereocenters. The first-order valence-corrected chi connectivity index (χ1v) is 5.93. The second-order valence-corrected chi connectivity index (χ2v) is 4.25. The summed E-state index contributed by atoms with van der Waals surface area (Å²) in [5, 5.41) is 5.12. The lowest BCUT2D eigenvalue weighted by atomic mass is 10.2. The molecule has 0 saturated carbocycles. The quantitative estimate of drug-likeness (QED) is 0.701. The van der Waals surface area contributed by atoms with Gasteiger partial charge in [0.25, 0.3) is 0 Å². The third-order valence-electron chi connectivity index (χ3n) is 2.63. The SMILES string of the molecule is Clc1cn(-c2cccnc2)nc1-c1ccccc1. The Morgan fingerprint density at radius 1 is 1.00 bits per heavy atom. The van der Waals surface area contributed by atoms with Gasteiger partial charge in [0.05, 0.1) is 23.1 Å². The maximum absolute atomic E-state index is 6.23. The monoisotopic (exact) mass is 255 g/mol. The van der Waals surface area contributed by atoms with Crippen LogP contribution in [0.15, 0.2) is 61.1 Å². The third kappa shape index (κ3) is 2.00. The molecule has 0 saturated heterocycles. The Morgan fingerprint density at radius 3 is 2.56 bits per heavy atom. The topological polar surface area (TPSA) is 30.7 Å². The molecule has 0 aliphatic rings. The molecule has 2 aromatic heterocycles. The molecule has 0 aliphatic carbocycles. The van der Waals surface area contributed by atoms with E-state index in [0.717, 1.165) is 16.9 Å². The van der Waals surface area contributed by atoms with E-state index in [1.807, 2.05) is 42.5 Å². The van der Waals surface area contributed by atoms with Crippen LogP contribution in [0.25, 0.3) is 16.9 Å². The molecule has 3 aromatic rings. The summed E-state index contributed by atoms with van der Waals surface area (Å²) in [6.45, 7) is 0. The third-order valence-corrected chi connectivity index (χ3v) is 2.90. The number of hydrogen-bond donors (Lipinski definition) is 0. The molecule has 0 radical (unpaired) electrons. The fourth-order valence-electron chi connectivity index (χ4n) is 1.77. The van der Waals surface area contributed by atoms with Gasteiger partial charge in [-0.05, 0) is 12.1 Å². The predicted molar refractivity (Wildman–Crippen MR) is 71.8 cm³/mol. The van der Waals surface area contributed by atoms with E-state index in [0.29, 0.717) is 5.02 Å². The van der Waals surface area contributed by atoms with Gasteiger partial charge in [-0.1, -0.05) is 41.9 Å². The minimum Gasteiger partial charge on any atom is -0.262 e. The normalized spacial score (nSPS) is 10.5. The Bertz CT molecular complexity index is 647. The highest BCUT2D eigenvalue weighted by Crippen LogP contribution is 2.26. The molecule has 3 nitrogen and oxygen atoms in total. The van der Waals surface area contributed by atoms with Gasteiger partial charge in [-0.2, -0.15) is 5.10 Å². The zero-order valence-corrected chi connectivity index (χ0v) is 10.2. The van der Waals surface area contributed by atoms with Crippen LogP contribution in [0, 0.1) is 0 Å². The highest BCUT2D eigenvalue weighted by atomic mass is 35.5. The molecule has 4 heteroatoms. The maximum Gasteiger partial charge on any atom is 0.111 e. The second kappa shape index (κ2) is 4.63. The van der Waals surface area contributed by atoms with Crippen LogP contribution in [0.4, 0.5) is 0 Å². The number of hydrogen-bond acceptors (Lipinski definition) is 2. The molecule has 2 heterocycles. The summed E-state index contributed by atoms with van der Waals surface area (Å²) in [6, 6.07) is 13.7. The number of nitrogens with zero attached hydrogens (tertiary/aromatic N) is 3. The van der Waals surface area contributed by atoms with Crippen molar-refractivity contribution in [3.05, 3.63) is 66.1 Å². The first-order chi connectivity index (χ1) is 8.84. The maximum atomic E-state index is 6.23. The van der Waals surface area contributed by atoms with Crippen LogP contribution in [-0.4, -0.2) is 14.8 Å². The van der Waals surface area contributed by atoms with Crippen LogP contribution in [0.2, 0.25) is 5.02 Å². The van der Waals surface area contributed by atoms with E-state index in [4.69, 9.17) is 11.6 Å². The van der Waals surface area contributed by atoms with Gasteiger partial charge < -0.3 is 0 Å². The van der Waals surface area contributed by atoms with E-state index < -0.39 is 0 Å². The fraction of sp³-hybridized carbons (Fsp3) is 0. The van der Waals surface area contributed by atoms with Crippen LogP contribution in [-0.2, 0) is 0 Å². The summed E-state index contributed by atoms with van der Waals surface area (Å²) in [7, 11) is 0. The van der Waals surface area contributed by atoms with Crippen molar-refractivity contribution in [2.75, 3.05) is 0 Å². The van der Waals surface area contributed by atoms with Gasteiger partial charge in [-0.25, -0.2) is 4.68 Å². The number of pyridine rings is 1. The smallest absolute Gasteiger partial charge is 0.111 e. The van der Waals surface area contributed by atoms with E-state index in [9.17, 15) is 0 Å². The Labute approximate surface area is 110 Å². The molecule has 0 N–H and O–H groups in total. The largest absolute Gasteiger partial charge is 0.262 e. The Balaban J connectivity index is 2.07. The summed E-state index contributed by atoms with van der Waals surface area (Å²) < 4.78 is 1.73. The average Bonchev–Trinajstić information content (AvgIpc) is 2.83. The van der Waals surface area contributed by atoms with Crippen molar-refractivity contribution in [1.82, 2.24) is 14.8 Å². The standard InChI is InChI=1S/C14H10ClN3/c15-13-10-18(12-7-4-8-16-9-12)17-14(13)11-5-2-1-3-6-11/h1-10H. The van der Waals surface area contributed by atoms with Gasteiger partial charge in [0.15, 0.2) is 0 Å². The first-order valence-electron chi connectivity index (χ1n) is 5.55. The predicted octanol–water partition coefficient (Wildman–Crippen LogP) is 3.59. The molecular weight excluding hydrogens is 246 g/mol. The van der Waals surface area contributed by atoms with Crippen molar-refractivity contribution in [2.45, 2.75) is 0 Å². The molecule has 0 fully saturated rings.